The maximum Gasteiger partial charge on any atom is 0.311 e. The van der Waals surface area contributed by atoms with Crippen LogP contribution in [0.1, 0.15) is 30.1 Å². The molecule has 0 fully saturated rings. The largest absolute Gasteiger partial charge is 0.370 e. The van der Waals surface area contributed by atoms with Crippen molar-refractivity contribution in [3.05, 3.63) is 21.3 Å². The molecule has 3 aromatic rings. The monoisotopic (exact) mass is 316 g/mol. The number of fused-ring (bicyclic) bond motifs is 5. The van der Waals surface area contributed by atoms with Crippen LogP contribution in [-0.4, -0.2) is 25.2 Å². The SMILES string of the molecule is Cc1nc2c3c4c(sc3nc(N[N+]#N)n2n1)COC(C)(C)C4. The normalized spacial score (nSPS) is 16.6. The smallest absolute Gasteiger partial charge is 0.311 e. The molecule has 1 aliphatic heterocycles. The number of ether oxygens (including phenoxy) is 1. The summed E-state index contributed by atoms with van der Waals surface area (Å²) in [5, 5.41) is 17.1. The number of aromatic nitrogens is 4. The Balaban J connectivity index is 2.09. The van der Waals surface area contributed by atoms with E-state index in [1.54, 1.807) is 15.9 Å². The van der Waals surface area contributed by atoms with Gasteiger partial charge in [-0.15, -0.1) is 16.4 Å². The molecule has 1 aliphatic rings. The first kappa shape index (κ1) is 13.4. The lowest BCUT2D eigenvalue weighted by Crippen LogP contribution is -2.31. The number of thiophene rings is 1. The van der Waals surface area contributed by atoms with E-state index in [2.05, 4.69) is 39.4 Å². The van der Waals surface area contributed by atoms with Crippen molar-refractivity contribution in [2.24, 2.45) is 0 Å². The maximum atomic E-state index is 8.78. The minimum Gasteiger partial charge on any atom is -0.370 e. The summed E-state index contributed by atoms with van der Waals surface area (Å²) in [6.45, 7) is 6.57. The summed E-state index contributed by atoms with van der Waals surface area (Å²) < 4.78 is 7.46. The van der Waals surface area contributed by atoms with E-state index in [0.29, 0.717) is 18.4 Å². The molecule has 0 spiro atoms. The average Bonchev–Trinajstić information content (AvgIpc) is 2.97. The predicted octanol–water partition coefficient (Wildman–Crippen LogP) is 2.68. The highest BCUT2D eigenvalue weighted by Gasteiger charge is 2.31. The van der Waals surface area contributed by atoms with E-state index in [1.807, 2.05) is 6.92 Å². The van der Waals surface area contributed by atoms with Crippen LogP contribution in [0.25, 0.3) is 20.9 Å². The second kappa shape index (κ2) is 4.34. The van der Waals surface area contributed by atoms with Gasteiger partial charge in [-0.1, -0.05) is 0 Å². The molecule has 0 amide bonds. The highest BCUT2D eigenvalue weighted by molar-refractivity contribution is 7.19. The minimum absolute atomic E-state index is 0.204. The molecular formula is C13H14N7OS+. The molecule has 4 rings (SSSR count). The molecule has 4 heterocycles. The van der Waals surface area contributed by atoms with Crippen molar-refractivity contribution < 1.29 is 4.74 Å². The van der Waals surface area contributed by atoms with Crippen LogP contribution in [0.4, 0.5) is 5.95 Å². The van der Waals surface area contributed by atoms with Crippen molar-refractivity contribution in [3.8, 4) is 0 Å². The van der Waals surface area contributed by atoms with Gasteiger partial charge in [0, 0.05) is 16.7 Å². The van der Waals surface area contributed by atoms with E-state index in [4.69, 9.17) is 10.1 Å². The molecule has 8 nitrogen and oxygen atoms in total. The summed E-state index contributed by atoms with van der Waals surface area (Å²) in [7, 11) is 0. The van der Waals surface area contributed by atoms with Gasteiger partial charge in [-0.25, -0.2) is 4.98 Å². The van der Waals surface area contributed by atoms with Gasteiger partial charge in [0.1, 0.15) is 10.7 Å². The molecule has 9 heteroatoms. The quantitative estimate of drug-likeness (QED) is 0.548. The van der Waals surface area contributed by atoms with Gasteiger partial charge in [-0.2, -0.15) is 9.50 Å². The first-order valence-corrected chi connectivity index (χ1v) is 7.72. The molecule has 0 radical (unpaired) electrons. The first-order chi connectivity index (χ1) is 10.5. The second-order valence-electron chi connectivity index (χ2n) is 5.95. The Morgan fingerprint density at radius 1 is 1.41 bits per heavy atom. The van der Waals surface area contributed by atoms with Gasteiger partial charge in [-0.05, 0) is 26.3 Å². The lowest BCUT2D eigenvalue weighted by atomic mass is 9.94. The highest BCUT2D eigenvalue weighted by atomic mass is 32.1. The number of nitrogens with one attached hydrogen (secondary N) is 1. The number of anilines is 1. The van der Waals surface area contributed by atoms with Crippen LogP contribution in [0.5, 0.6) is 0 Å². The summed E-state index contributed by atoms with van der Waals surface area (Å²) in [4.78, 5) is 11.1. The number of hydrogen-bond donors (Lipinski definition) is 1. The Kier molecular flexibility index (Phi) is 2.64. The summed E-state index contributed by atoms with van der Waals surface area (Å²) in [5.74, 6) is 0.978. The van der Waals surface area contributed by atoms with Crippen LogP contribution in [0, 0.1) is 12.3 Å². The molecule has 0 saturated heterocycles. The van der Waals surface area contributed by atoms with Gasteiger partial charge in [0.15, 0.2) is 5.65 Å². The molecule has 0 unspecified atom stereocenters. The first-order valence-electron chi connectivity index (χ1n) is 6.90. The van der Waals surface area contributed by atoms with E-state index in [0.717, 1.165) is 22.3 Å². The summed E-state index contributed by atoms with van der Waals surface area (Å²) in [6, 6.07) is 0. The fraction of sp³-hybridized carbons (Fsp3) is 0.462. The third-order valence-electron chi connectivity index (χ3n) is 3.76. The zero-order valence-electron chi connectivity index (χ0n) is 12.4. The lowest BCUT2D eigenvalue weighted by molar-refractivity contribution is -0.0379. The molecule has 0 bridgehead atoms. The molecule has 3 aromatic heterocycles. The molecule has 22 heavy (non-hydrogen) atoms. The summed E-state index contributed by atoms with van der Waals surface area (Å²) in [5.41, 5.74) is 4.21. The molecule has 0 atom stereocenters. The Morgan fingerprint density at radius 3 is 3.00 bits per heavy atom. The number of rotatable bonds is 1. The van der Waals surface area contributed by atoms with E-state index >= 15 is 0 Å². The summed E-state index contributed by atoms with van der Waals surface area (Å²) >= 11 is 1.58. The van der Waals surface area contributed by atoms with Gasteiger partial charge >= 0.3 is 11.0 Å². The van der Waals surface area contributed by atoms with E-state index < -0.39 is 0 Å². The van der Waals surface area contributed by atoms with E-state index in [-0.39, 0.29) is 5.60 Å². The van der Waals surface area contributed by atoms with Gasteiger partial charge < -0.3 is 4.74 Å². The van der Waals surface area contributed by atoms with Crippen LogP contribution >= 0.6 is 11.3 Å². The Bertz CT molecular complexity index is 949. The van der Waals surface area contributed by atoms with Crippen molar-refractivity contribution >= 4 is 33.1 Å². The highest BCUT2D eigenvalue weighted by Crippen LogP contribution is 2.40. The van der Waals surface area contributed by atoms with E-state index in [1.165, 1.54) is 10.4 Å². The fourth-order valence-corrected chi connectivity index (χ4v) is 3.93. The lowest BCUT2D eigenvalue weighted by Gasteiger charge is -2.30. The van der Waals surface area contributed by atoms with Crippen LogP contribution < -0.4 is 5.43 Å². The third kappa shape index (κ3) is 1.84. The van der Waals surface area contributed by atoms with Crippen molar-refractivity contribution in [3.63, 3.8) is 0 Å². The Hall–Kier alpha value is -2.31. The third-order valence-corrected chi connectivity index (χ3v) is 4.86. The average molecular weight is 316 g/mol. The van der Waals surface area contributed by atoms with E-state index in [9.17, 15) is 0 Å². The zero-order chi connectivity index (χ0) is 15.5. The number of nitrogens with zero attached hydrogens (tertiary/aromatic N) is 6. The van der Waals surface area contributed by atoms with Gasteiger partial charge in [0.05, 0.1) is 17.6 Å². The van der Waals surface area contributed by atoms with Crippen molar-refractivity contribution in [2.45, 2.75) is 39.4 Å². The maximum absolute atomic E-state index is 8.78. The Morgan fingerprint density at radius 2 is 2.23 bits per heavy atom. The fourth-order valence-electron chi connectivity index (χ4n) is 2.83. The molecule has 0 aromatic carbocycles. The van der Waals surface area contributed by atoms with Crippen molar-refractivity contribution in [2.75, 3.05) is 5.43 Å². The summed E-state index contributed by atoms with van der Waals surface area (Å²) in [6.07, 6.45) is 0.808. The van der Waals surface area contributed by atoms with Crippen LogP contribution in [-0.2, 0) is 17.8 Å². The van der Waals surface area contributed by atoms with Gasteiger partial charge in [-0.3, -0.25) is 0 Å². The zero-order valence-corrected chi connectivity index (χ0v) is 13.2. The predicted molar refractivity (Wildman–Crippen MR) is 82.2 cm³/mol. The molecule has 1 N–H and O–H groups in total. The van der Waals surface area contributed by atoms with Crippen molar-refractivity contribution in [1.29, 1.82) is 5.39 Å². The van der Waals surface area contributed by atoms with Gasteiger partial charge in [0.2, 0.25) is 0 Å². The van der Waals surface area contributed by atoms with Crippen LogP contribution in [0.2, 0.25) is 0 Å². The molecular weight excluding hydrogens is 302 g/mol. The van der Waals surface area contributed by atoms with Crippen LogP contribution in [0.15, 0.2) is 0 Å². The molecule has 0 aliphatic carbocycles. The number of aryl methyl sites for hydroxylation is 1. The number of hydrogen-bond acceptors (Lipinski definition) is 7. The minimum atomic E-state index is -0.204. The second-order valence-corrected chi connectivity index (χ2v) is 7.03. The molecule has 112 valence electrons. The van der Waals surface area contributed by atoms with Gasteiger partial charge in [0.25, 0.3) is 5.39 Å². The Labute approximate surface area is 129 Å². The topological polar surface area (TPSA) is 92.5 Å². The molecule has 0 saturated carbocycles. The standard InChI is InChI=1S/C13H14N7OS/c1-6-15-10-9-7-4-13(2,3)21-5-8(7)22-11(9)16-12(17-19-14)20(10)18-6/h4-5H2,1-3H3,(H,16,17)/q+1. The van der Waals surface area contributed by atoms with Crippen LogP contribution in [0.3, 0.4) is 0 Å². The number of diazo groups is 1. The van der Waals surface area contributed by atoms with Crippen molar-refractivity contribution in [1.82, 2.24) is 19.6 Å².